The van der Waals surface area contributed by atoms with Crippen LogP contribution in [0.3, 0.4) is 0 Å². The molecule has 6 atom stereocenters. The van der Waals surface area contributed by atoms with E-state index in [1.165, 1.54) is 12.1 Å². The van der Waals surface area contributed by atoms with Gasteiger partial charge < -0.3 is 24.8 Å². The van der Waals surface area contributed by atoms with Gasteiger partial charge in [0.25, 0.3) is 5.56 Å². The second kappa shape index (κ2) is 27.0. The Hall–Kier alpha value is -4.92. The number of allylic oxidation sites excluding steroid dienone is 12. The van der Waals surface area contributed by atoms with E-state index in [4.69, 9.17) is 13.8 Å². The highest BCUT2D eigenvalue weighted by atomic mass is 31.2. The number of nitrogens with one attached hydrogen (secondary N) is 3. The molecule has 1 aromatic carbocycles. The summed E-state index contributed by atoms with van der Waals surface area (Å²) in [5.74, 6) is -1.41. The first-order valence-electron chi connectivity index (χ1n) is 20.4. The number of carbonyl (C=O) groups excluding carboxylic acids is 1. The van der Waals surface area contributed by atoms with Crippen LogP contribution in [0.5, 0.6) is 5.75 Å². The smallest absolute Gasteiger partial charge is 0.459 e. The van der Waals surface area contributed by atoms with Crippen LogP contribution in [0.2, 0.25) is 0 Å². The highest BCUT2D eigenvalue weighted by Gasteiger charge is 2.56. The number of unbranched alkanes of at least 4 members (excludes halogenated alkanes) is 1. The Kier molecular flexibility index (Phi) is 22.3. The maximum atomic E-state index is 15.7. The van der Waals surface area contributed by atoms with E-state index in [1.807, 2.05) is 17.1 Å². The summed E-state index contributed by atoms with van der Waals surface area (Å²) in [4.78, 5) is 50.4. The van der Waals surface area contributed by atoms with Crippen LogP contribution in [0.25, 0.3) is 0 Å². The number of para-hydroxylation sites is 1. The van der Waals surface area contributed by atoms with Gasteiger partial charge in [0.2, 0.25) is 5.91 Å². The van der Waals surface area contributed by atoms with Gasteiger partial charge in [0.1, 0.15) is 24.0 Å². The predicted octanol–water partition coefficient (Wildman–Crippen LogP) is 7.53. The van der Waals surface area contributed by atoms with Crippen LogP contribution in [-0.4, -0.2) is 68.7 Å². The SMILES string of the molecule is CC/C=C\C/C=C\C/C=C\C/C=C\C/C=C\C/C=C\CCC(=O)NCCCCC(NP(=O)(OC[C@H]1O[C@@H](n2ccc(=O)[nH]c2=O)[C@](C)(F)[C@@H]1O)Oc1ccccc1)C(=O)O. The van der Waals surface area contributed by atoms with Crippen molar-refractivity contribution >= 4 is 19.6 Å². The molecule has 1 fully saturated rings. The Bertz CT molecular complexity index is 1960. The predicted molar refractivity (Wildman–Crippen MR) is 230 cm³/mol. The third-order valence-electron chi connectivity index (χ3n) is 9.19. The zero-order valence-corrected chi connectivity index (χ0v) is 35.3. The lowest BCUT2D eigenvalue weighted by Gasteiger charge is -2.25. The number of hydrogen-bond acceptors (Lipinski definition) is 9. The quantitative estimate of drug-likeness (QED) is 0.0322. The van der Waals surface area contributed by atoms with Crippen LogP contribution < -0.4 is 26.2 Å². The summed E-state index contributed by atoms with van der Waals surface area (Å²) in [6, 6.07) is 7.37. The molecule has 0 aliphatic carbocycles. The van der Waals surface area contributed by atoms with E-state index in [9.17, 15) is 34.0 Å². The fourth-order valence-corrected chi connectivity index (χ4v) is 7.47. The number of alkyl halides is 1. The molecule has 0 spiro atoms. The highest BCUT2D eigenvalue weighted by molar-refractivity contribution is 7.52. The van der Waals surface area contributed by atoms with Crippen molar-refractivity contribution in [2.45, 2.75) is 115 Å². The number of hydrogen-bond donors (Lipinski definition) is 5. The molecule has 5 N–H and O–H groups in total. The average Bonchev–Trinajstić information content (AvgIpc) is 3.44. The average molecular weight is 855 g/mol. The zero-order valence-electron chi connectivity index (χ0n) is 34.4. The van der Waals surface area contributed by atoms with Crippen LogP contribution in [0.4, 0.5) is 4.39 Å². The minimum absolute atomic E-state index is 0.0163. The van der Waals surface area contributed by atoms with E-state index in [0.717, 1.165) is 62.3 Å². The third kappa shape index (κ3) is 18.1. The van der Waals surface area contributed by atoms with Gasteiger partial charge in [0.15, 0.2) is 11.9 Å². The molecule has 1 aliphatic heterocycles. The molecule has 60 heavy (non-hydrogen) atoms. The molecule has 16 heteroatoms. The summed E-state index contributed by atoms with van der Waals surface area (Å²) in [6.07, 6.45) is 28.6. The number of amides is 1. The first kappa shape index (κ1) is 49.4. The first-order chi connectivity index (χ1) is 28.9. The molecule has 328 valence electrons. The van der Waals surface area contributed by atoms with Crippen molar-refractivity contribution in [1.29, 1.82) is 0 Å². The number of aromatic nitrogens is 2. The number of aliphatic hydroxyl groups excluding tert-OH is 1. The highest BCUT2D eigenvalue weighted by Crippen LogP contribution is 2.47. The fraction of sp³-hybridized carbons (Fsp3) is 0.455. The van der Waals surface area contributed by atoms with Gasteiger partial charge in [-0.25, -0.2) is 13.8 Å². The van der Waals surface area contributed by atoms with E-state index < -0.39 is 61.7 Å². The van der Waals surface area contributed by atoms with Gasteiger partial charge >= 0.3 is 19.4 Å². The molecule has 2 aromatic rings. The summed E-state index contributed by atoms with van der Waals surface area (Å²) in [7, 11) is -4.54. The largest absolute Gasteiger partial charge is 0.480 e. The lowest BCUT2D eigenvalue weighted by molar-refractivity contribution is -0.139. The number of carbonyl (C=O) groups is 2. The molecular weight excluding hydrogens is 794 g/mol. The number of aliphatic carboxylic acids is 1. The minimum Gasteiger partial charge on any atom is -0.480 e. The van der Waals surface area contributed by atoms with Gasteiger partial charge in [-0.2, -0.15) is 5.09 Å². The molecule has 14 nitrogen and oxygen atoms in total. The minimum atomic E-state index is -4.54. The van der Waals surface area contributed by atoms with E-state index in [2.05, 4.69) is 78.1 Å². The molecule has 2 unspecified atom stereocenters. The van der Waals surface area contributed by atoms with E-state index in [-0.39, 0.29) is 18.1 Å². The molecule has 1 aromatic heterocycles. The molecular formula is C44H60FN4O10P. The maximum absolute atomic E-state index is 15.7. The fourth-order valence-electron chi connectivity index (χ4n) is 5.92. The Morgan fingerprint density at radius 2 is 1.52 bits per heavy atom. The number of aliphatic hydroxyl groups is 1. The van der Waals surface area contributed by atoms with Crippen LogP contribution in [0, 0.1) is 0 Å². The lowest BCUT2D eigenvalue weighted by Crippen LogP contribution is -2.44. The zero-order chi connectivity index (χ0) is 43.6. The van der Waals surface area contributed by atoms with Crippen LogP contribution in [0.15, 0.2) is 125 Å². The first-order valence-corrected chi connectivity index (χ1v) is 21.9. The van der Waals surface area contributed by atoms with Crippen LogP contribution in [-0.2, 0) is 23.4 Å². The Morgan fingerprint density at radius 3 is 2.08 bits per heavy atom. The molecule has 0 radical (unpaired) electrons. The Balaban J connectivity index is 1.39. The second-order valence-corrected chi connectivity index (χ2v) is 15.9. The van der Waals surface area contributed by atoms with Gasteiger partial charge in [0, 0.05) is 25.2 Å². The number of aromatic amines is 1. The molecule has 0 saturated carbocycles. The summed E-state index contributed by atoms with van der Waals surface area (Å²) < 4.78 is 47.3. The number of ether oxygens (including phenoxy) is 1. The number of H-pyrrole nitrogens is 1. The van der Waals surface area contributed by atoms with E-state index >= 15 is 4.39 Å². The molecule has 3 rings (SSSR count). The Morgan fingerprint density at radius 1 is 0.933 bits per heavy atom. The van der Waals surface area contributed by atoms with Gasteiger partial charge in [-0.1, -0.05) is 98.0 Å². The van der Waals surface area contributed by atoms with E-state index in [0.29, 0.717) is 32.2 Å². The number of halogens is 1. The normalized spacial score (nSPS) is 21.2. The van der Waals surface area contributed by atoms with Crippen molar-refractivity contribution in [3.8, 4) is 5.75 Å². The number of benzene rings is 1. The third-order valence-corrected chi connectivity index (χ3v) is 10.8. The van der Waals surface area contributed by atoms with Crippen molar-refractivity contribution in [2.75, 3.05) is 13.2 Å². The molecule has 1 aliphatic rings. The van der Waals surface area contributed by atoms with Crippen molar-refractivity contribution in [1.82, 2.24) is 20.0 Å². The van der Waals surface area contributed by atoms with Crippen LogP contribution >= 0.6 is 7.75 Å². The monoisotopic (exact) mass is 854 g/mol. The summed E-state index contributed by atoms with van der Waals surface area (Å²) in [5, 5.41) is 26.0. The number of carboxylic acid groups (broad SMARTS) is 1. The second-order valence-electron chi connectivity index (χ2n) is 14.2. The summed E-state index contributed by atoms with van der Waals surface area (Å²) in [6.45, 7) is 2.70. The van der Waals surface area contributed by atoms with Gasteiger partial charge in [0.05, 0.1) is 6.61 Å². The summed E-state index contributed by atoms with van der Waals surface area (Å²) in [5.41, 5.74) is -4.25. The maximum Gasteiger partial charge on any atom is 0.459 e. The number of carboxylic acids is 1. The molecule has 2 heterocycles. The van der Waals surface area contributed by atoms with Gasteiger partial charge in [-0.15, -0.1) is 0 Å². The summed E-state index contributed by atoms with van der Waals surface area (Å²) >= 11 is 0. The van der Waals surface area contributed by atoms with Crippen molar-refractivity contribution in [3.05, 3.63) is 136 Å². The molecule has 1 amide bonds. The van der Waals surface area contributed by atoms with Crippen molar-refractivity contribution in [2.24, 2.45) is 0 Å². The van der Waals surface area contributed by atoms with Crippen molar-refractivity contribution < 1.29 is 42.5 Å². The van der Waals surface area contributed by atoms with Gasteiger partial charge in [-0.05, 0) is 83.3 Å². The standard InChI is InChI=1S/C44H60FN4O10P/c1-3-4-5-6-7-8-9-10-11-12-13-14-15-16-17-18-19-20-24-30-38(50)46-32-26-25-29-36(41(53)54)48-60(56,59-35-27-22-21-23-28-35)57-34-37-40(52)44(2,45)42(58-37)49-33-31-39(51)47-43(49)55/h4-5,7-8,10-11,13-14,16-17,19-23,27-28,31,33,36-37,40,42,52H,3,6,9,12,15,18,24-26,29-30,32,34H2,1-2H3,(H,46,50)(H,48,56)(H,53,54)(H,47,51,55)/b5-4-,8-7-,11-10-,14-13-,17-16-,20-19-/t36?,37-,40-,42-,44-,60?/m1/s1. The Labute approximate surface area is 351 Å². The van der Waals surface area contributed by atoms with Crippen molar-refractivity contribution in [3.63, 3.8) is 0 Å². The molecule has 0 bridgehead atoms. The molecule has 1 saturated heterocycles. The van der Waals surface area contributed by atoms with Gasteiger partial charge in [-0.3, -0.25) is 28.5 Å². The van der Waals surface area contributed by atoms with Crippen LogP contribution in [0.1, 0.15) is 90.7 Å². The van der Waals surface area contributed by atoms with E-state index in [1.54, 1.807) is 18.2 Å². The number of rotatable bonds is 28. The number of nitrogens with zero attached hydrogens (tertiary/aromatic N) is 1. The topological polar surface area (TPSA) is 198 Å². The lowest BCUT2D eigenvalue weighted by atomic mass is 9.98.